The van der Waals surface area contributed by atoms with Crippen molar-refractivity contribution in [2.75, 3.05) is 0 Å². The molecular weight excluding hydrogens is 279 g/mol. The van der Waals surface area contributed by atoms with Crippen molar-refractivity contribution in [3.05, 3.63) is 35.4 Å². The topological polar surface area (TPSA) is 29.1 Å². The van der Waals surface area contributed by atoms with E-state index in [9.17, 15) is 18.0 Å². The Morgan fingerprint density at radius 2 is 1.86 bits per heavy atom. The molecule has 1 N–H and O–H groups in total. The average molecular weight is 297 g/mol. The maximum absolute atomic E-state index is 12.5. The molecule has 3 rings (SSSR count). The van der Waals surface area contributed by atoms with Crippen LogP contribution < -0.4 is 5.32 Å². The SMILES string of the molecule is C[C@H](NC(=O)[C@H]1C[C@@H]1c1ccc(C(F)(F)F)cc1)C1CC1. The number of nitrogens with one attached hydrogen (secondary N) is 1. The monoisotopic (exact) mass is 297 g/mol. The minimum Gasteiger partial charge on any atom is -0.353 e. The van der Waals surface area contributed by atoms with E-state index in [-0.39, 0.29) is 23.8 Å². The number of halogens is 3. The molecule has 114 valence electrons. The molecule has 2 fully saturated rings. The quantitative estimate of drug-likeness (QED) is 0.901. The van der Waals surface area contributed by atoms with Crippen molar-refractivity contribution in [1.29, 1.82) is 0 Å². The third kappa shape index (κ3) is 3.22. The van der Waals surface area contributed by atoms with Gasteiger partial charge in [-0.3, -0.25) is 4.79 Å². The van der Waals surface area contributed by atoms with Gasteiger partial charge >= 0.3 is 6.18 Å². The molecule has 1 amide bonds. The van der Waals surface area contributed by atoms with Crippen molar-refractivity contribution < 1.29 is 18.0 Å². The first kappa shape index (κ1) is 14.4. The van der Waals surface area contributed by atoms with Gasteiger partial charge in [0.15, 0.2) is 0 Å². The highest BCUT2D eigenvalue weighted by molar-refractivity contribution is 5.83. The summed E-state index contributed by atoms with van der Waals surface area (Å²) in [4.78, 5) is 12.1. The lowest BCUT2D eigenvalue weighted by Gasteiger charge is -2.12. The van der Waals surface area contributed by atoms with Crippen molar-refractivity contribution in [2.24, 2.45) is 11.8 Å². The summed E-state index contributed by atoms with van der Waals surface area (Å²) in [5.41, 5.74) is 0.178. The first-order valence-electron chi connectivity index (χ1n) is 7.34. The molecule has 0 heterocycles. The Morgan fingerprint density at radius 1 is 1.24 bits per heavy atom. The van der Waals surface area contributed by atoms with E-state index in [2.05, 4.69) is 5.32 Å². The number of rotatable bonds is 4. The number of alkyl halides is 3. The maximum Gasteiger partial charge on any atom is 0.416 e. The Bertz CT molecular complexity index is 533. The zero-order valence-electron chi connectivity index (χ0n) is 11.8. The van der Waals surface area contributed by atoms with Gasteiger partial charge < -0.3 is 5.32 Å². The van der Waals surface area contributed by atoms with Gasteiger partial charge in [-0.2, -0.15) is 13.2 Å². The fraction of sp³-hybridized carbons (Fsp3) is 0.562. The van der Waals surface area contributed by atoms with Crippen LogP contribution in [0.3, 0.4) is 0 Å². The van der Waals surface area contributed by atoms with E-state index in [0.29, 0.717) is 5.92 Å². The van der Waals surface area contributed by atoms with E-state index in [1.54, 1.807) is 0 Å². The third-order valence-electron chi connectivity index (χ3n) is 4.49. The Kier molecular flexibility index (Phi) is 3.46. The molecule has 2 saturated carbocycles. The predicted molar refractivity (Wildman–Crippen MR) is 72.6 cm³/mol. The largest absolute Gasteiger partial charge is 0.416 e. The van der Waals surface area contributed by atoms with Crippen LogP contribution in [0.2, 0.25) is 0 Å². The van der Waals surface area contributed by atoms with Crippen molar-refractivity contribution in [3.63, 3.8) is 0 Å². The molecule has 1 aromatic carbocycles. The molecule has 0 bridgehead atoms. The average Bonchev–Trinajstić information content (AvgIpc) is 3.28. The molecule has 0 aromatic heterocycles. The highest BCUT2D eigenvalue weighted by atomic mass is 19.4. The molecule has 0 unspecified atom stereocenters. The normalized spacial score (nSPS) is 26.3. The number of carbonyl (C=O) groups excluding carboxylic acids is 1. The smallest absolute Gasteiger partial charge is 0.353 e. The molecule has 5 heteroatoms. The number of hydrogen-bond donors (Lipinski definition) is 1. The van der Waals surface area contributed by atoms with Crippen LogP contribution >= 0.6 is 0 Å². The van der Waals surface area contributed by atoms with Crippen molar-refractivity contribution in [3.8, 4) is 0 Å². The molecule has 2 aliphatic rings. The van der Waals surface area contributed by atoms with Crippen LogP contribution in [0.5, 0.6) is 0 Å². The van der Waals surface area contributed by atoms with E-state index in [1.165, 1.54) is 25.0 Å². The Hall–Kier alpha value is -1.52. The summed E-state index contributed by atoms with van der Waals surface area (Å²) in [6.07, 6.45) is -1.23. The van der Waals surface area contributed by atoms with Crippen LogP contribution in [0.4, 0.5) is 13.2 Å². The van der Waals surface area contributed by atoms with Crippen LogP contribution in [-0.2, 0) is 11.0 Å². The van der Waals surface area contributed by atoms with Gasteiger partial charge in [-0.15, -0.1) is 0 Å². The molecule has 2 aliphatic carbocycles. The Morgan fingerprint density at radius 3 is 2.38 bits per heavy atom. The minimum absolute atomic E-state index is 0.0410. The lowest BCUT2D eigenvalue weighted by atomic mass is 10.1. The molecule has 21 heavy (non-hydrogen) atoms. The van der Waals surface area contributed by atoms with Crippen molar-refractivity contribution >= 4 is 5.91 Å². The van der Waals surface area contributed by atoms with Gasteiger partial charge in [0.2, 0.25) is 5.91 Å². The lowest BCUT2D eigenvalue weighted by Crippen LogP contribution is -2.35. The molecule has 0 aliphatic heterocycles. The standard InChI is InChI=1S/C16H18F3NO/c1-9(10-2-3-10)20-15(21)14-8-13(14)11-4-6-12(7-5-11)16(17,18)19/h4-7,9-10,13-14H,2-3,8H2,1H3,(H,20,21)/t9-,13+,14-/m0/s1. The third-order valence-corrected chi connectivity index (χ3v) is 4.49. The summed E-state index contributed by atoms with van der Waals surface area (Å²) in [5.74, 6) is 0.637. The van der Waals surface area contributed by atoms with Gasteiger partial charge in [0.1, 0.15) is 0 Å². The molecule has 1 aromatic rings. The second kappa shape index (κ2) is 5.04. The molecule has 3 atom stereocenters. The molecular formula is C16H18F3NO. The predicted octanol–water partition coefficient (Wildman–Crippen LogP) is 3.72. The summed E-state index contributed by atoms with van der Waals surface area (Å²) >= 11 is 0. The van der Waals surface area contributed by atoms with Gasteiger partial charge in [0, 0.05) is 12.0 Å². The van der Waals surface area contributed by atoms with E-state index in [1.807, 2.05) is 6.92 Å². The van der Waals surface area contributed by atoms with Gasteiger partial charge in [0.25, 0.3) is 0 Å². The minimum atomic E-state index is -4.31. The van der Waals surface area contributed by atoms with E-state index >= 15 is 0 Å². The highest BCUT2D eigenvalue weighted by Crippen LogP contribution is 2.48. The van der Waals surface area contributed by atoms with Crippen LogP contribution in [0.25, 0.3) is 0 Å². The number of benzene rings is 1. The molecule has 0 saturated heterocycles. The van der Waals surface area contributed by atoms with E-state index in [0.717, 1.165) is 24.1 Å². The van der Waals surface area contributed by atoms with Crippen LogP contribution in [0.15, 0.2) is 24.3 Å². The summed E-state index contributed by atoms with van der Waals surface area (Å²) in [7, 11) is 0. The van der Waals surface area contributed by atoms with Gasteiger partial charge in [-0.05, 0) is 55.7 Å². The van der Waals surface area contributed by atoms with Gasteiger partial charge in [-0.1, -0.05) is 12.1 Å². The zero-order chi connectivity index (χ0) is 15.2. The van der Waals surface area contributed by atoms with Crippen LogP contribution in [0.1, 0.15) is 43.2 Å². The van der Waals surface area contributed by atoms with E-state index < -0.39 is 11.7 Å². The van der Waals surface area contributed by atoms with Gasteiger partial charge in [-0.25, -0.2) is 0 Å². The number of amides is 1. The van der Waals surface area contributed by atoms with Crippen LogP contribution in [-0.4, -0.2) is 11.9 Å². The maximum atomic E-state index is 12.5. The molecule has 0 spiro atoms. The molecule has 0 radical (unpaired) electrons. The summed E-state index contributed by atoms with van der Waals surface area (Å²) in [5, 5.41) is 3.02. The van der Waals surface area contributed by atoms with Crippen LogP contribution in [0, 0.1) is 11.8 Å². The van der Waals surface area contributed by atoms with Crippen molar-refractivity contribution in [2.45, 2.75) is 44.3 Å². The summed E-state index contributed by atoms with van der Waals surface area (Å²) in [6.45, 7) is 2.02. The first-order valence-corrected chi connectivity index (χ1v) is 7.34. The zero-order valence-corrected chi connectivity index (χ0v) is 11.8. The number of hydrogen-bond acceptors (Lipinski definition) is 1. The fourth-order valence-corrected chi connectivity index (χ4v) is 2.82. The summed E-state index contributed by atoms with van der Waals surface area (Å²) in [6, 6.07) is 5.38. The number of carbonyl (C=O) groups is 1. The second-order valence-electron chi connectivity index (χ2n) is 6.20. The van der Waals surface area contributed by atoms with Crippen molar-refractivity contribution in [1.82, 2.24) is 5.32 Å². The Labute approximate surface area is 121 Å². The summed E-state index contributed by atoms with van der Waals surface area (Å²) < 4.78 is 37.5. The molecule has 2 nitrogen and oxygen atoms in total. The lowest BCUT2D eigenvalue weighted by molar-refractivity contribution is -0.137. The van der Waals surface area contributed by atoms with E-state index in [4.69, 9.17) is 0 Å². The highest BCUT2D eigenvalue weighted by Gasteiger charge is 2.45. The fourth-order valence-electron chi connectivity index (χ4n) is 2.82. The second-order valence-corrected chi connectivity index (χ2v) is 6.20. The Balaban J connectivity index is 1.58. The van der Waals surface area contributed by atoms with Gasteiger partial charge in [0.05, 0.1) is 5.56 Å². The first-order chi connectivity index (χ1) is 9.86.